The summed E-state index contributed by atoms with van der Waals surface area (Å²) in [7, 11) is 0. The number of para-hydroxylation sites is 4. The molecule has 0 bridgehead atoms. The number of carbonyl (C=O) groups excluding carboxylic acids is 1. The van der Waals surface area contributed by atoms with Crippen molar-refractivity contribution in [3.63, 3.8) is 0 Å². The summed E-state index contributed by atoms with van der Waals surface area (Å²) in [6.07, 6.45) is 0. The molecule has 0 unspecified atom stereocenters. The molecule has 6 aromatic rings. The lowest BCUT2D eigenvalue weighted by Crippen LogP contribution is -2.31. The number of benzene rings is 4. The van der Waals surface area contributed by atoms with Crippen LogP contribution in [0.5, 0.6) is 11.5 Å². The molecule has 0 spiro atoms. The monoisotopic (exact) mass is 478 g/mol. The maximum atomic E-state index is 12.4. The van der Waals surface area contributed by atoms with E-state index in [0.29, 0.717) is 33.3 Å². The number of oxazole rings is 2. The van der Waals surface area contributed by atoms with Gasteiger partial charge in [-0.2, -0.15) is 0 Å². The van der Waals surface area contributed by atoms with Crippen LogP contribution in [0, 0.1) is 0 Å². The Kier molecular flexibility index (Phi) is 4.82. The molecule has 9 nitrogen and oxygen atoms in total. The molecule has 0 radical (unpaired) electrons. The summed E-state index contributed by atoms with van der Waals surface area (Å²) in [5, 5.41) is 21.4. The van der Waals surface area contributed by atoms with Crippen molar-refractivity contribution in [1.29, 1.82) is 0 Å². The highest BCUT2D eigenvalue weighted by Gasteiger charge is 2.21. The number of anilines is 2. The van der Waals surface area contributed by atoms with E-state index in [1.807, 2.05) is 24.3 Å². The minimum absolute atomic E-state index is 0.155. The molecule has 4 aromatic carbocycles. The van der Waals surface area contributed by atoms with Gasteiger partial charge in [-0.05, 0) is 48.5 Å². The Bertz CT molecular complexity index is 1580. The molecular weight excluding hydrogens is 460 g/mol. The van der Waals surface area contributed by atoms with Crippen LogP contribution in [-0.2, 0) is 0 Å². The first-order valence-electron chi connectivity index (χ1n) is 11.0. The number of phenols is 2. The number of urea groups is 1. The van der Waals surface area contributed by atoms with Crippen LogP contribution in [0.2, 0.25) is 0 Å². The highest BCUT2D eigenvalue weighted by atomic mass is 16.4. The summed E-state index contributed by atoms with van der Waals surface area (Å²) in [5.41, 5.74) is 9.43. The number of hydrogen-bond donors (Lipinski definition) is 3. The molecule has 2 heterocycles. The number of carbonyl (C=O) groups is 1. The van der Waals surface area contributed by atoms with Gasteiger partial charge in [0.15, 0.2) is 11.2 Å². The lowest BCUT2D eigenvalue weighted by atomic mass is 10.1. The quantitative estimate of drug-likeness (QED) is 0.285. The fourth-order valence-corrected chi connectivity index (χ4v) is 4.06. The predicted octanol–water partition coefficient (Wildman–Crippen LogP) is 5.93. The van der Waals surface area contributed by atoms with E-state index in [-0.39, 0.29) is 34.7 Å². The normalized spacial score (nSPS) is 11.2. The molecule has 2 amide bonds. The molecule has 0 aliphatic carbocycles. The topological polar surface area (TPSA) is 139 Å². The van der Waals surface area contributed by atoms with Gasteiger partial charge < -0.3 is 24.8 Å². The summed E-state index contributed by atoms with van der Waals surface area (Å²) in [4.78, 5) is 22.3. The van der Waals surface area contributed by atoms with Gasteiger partial charge in [0.05, 0.1) is 22.5 Å². The lowest BCUT2D eigenvalue weighted by molar-refractivity contribution is 0.256. The number of phenolic OH excluding ortho intramolecular Hbond substituents is 2. The molecule has 0 saturated carbocycles. The summed E-state index contributed by atoms with van der Waals surface area (Å²) in [6.45, 7) is 0. The van der Waals surface area contributed by atoms with Gasteiger partial charge in [-0.3, -0.25) is 4.90 Å². The van der Waals surface area contributed by atoms with Gasteiger partial charge in [0.2, 0.25) is 11.8 Å². The van der Waals surface area contributed by atoms with Crippen LogP contribution in [0.25, 0.3) is 45.1 Å². The fourth-order valence-electron chi connectivity index (χ4n) is 4.06. The minimum Gasteiger partial charge on any atom is -0.507 e. The highest BCUT2D eigenvalue weighted by molar-refractivity contribution is 5.99. The van der Waals surface area contributed by atoms with Gasteiger partial charge in [-0.15, -0.1) is 0 Å². The van der Waals surface area contributed by atoms with E-state index in [4.69, 9.17) is 14.6 Å². The molecule has 2 aromatic heterocycles. The molecule has 0 aliphatic heterocycles. The molecule has 0 aliphatic rings. The highest BCUT2D eigenvalue weighted by Crippen LogP contribution is 2.39. The molecular formula is C27H18N4O5. The second-order valence-electron chi connectivity index (χ2n) is 8.05. The molecule has 176 valence electrons. The van der Waals surface area contributed by atoms with Crippen molar-refractivity contribution in [3.8, 4) is 34.4 Å². The Hall–Kier alpha value is -5.31. The third kappa shape index (κ3) is 3.55. The summed E-state index contributed by atoms with van der Waals surface area (Å²) < 4.78 is 11.5. The maximum absolute atomic E-state index is 12.4. The Balaban J connectivity index is 1.36. The summed E-state index contributed by atoms with van der Waals surface area (Å²) in [6, 6.07) is 22.8. The largest absolute Gasteiger partial charge is 0.507 e. The van der Waals surface area contributed by atoms with Gasteiger partial charge in [-0.25, -0.2) is 14.8 Å². The van der Waals surface area contributed by atoms with Crippen molar-refractivity contribution in [2.24, 2.45) is 5.73 Å². The summed E-state index contributed by atoms with van der Waals surface area (Å²) in [5.74, 6) is 0.174. The van der Waals surface area contributed by atoms with Crippen LogP contribution in [0.3, 0.4) is 0 Å². The van der Waals surface area contributed by atoms with Crippen molar-refractivity contribution >= 4 is 39.6 Å². The molecule has 4 N–H and O–H groups in total. The van der Waals surface area contributed by atoms with Gasteiger partial charge in [-0.1, -0.05) is 24.3 Å². The van der Waals surface area contributed by atoms with Gasteiger partial charge in [0, 0.05) is 12.1 Å². The number of primary amides is 1. The average molecular weight is 478 g/mol. The zero-order chi connectivity index (χ0) is 24.8. The molecule has 0 atom stereocenters. The Labute approximate surface area is 203 Å². The maximum Gasteiger partial charge on any atom is 0.323 e. The van der Waals surface area contributed by atoms with E-state index in [2.05, 4.69) is 9.97 Å². The van der Waals surface area contributed by atoms with Crippen LogP contribution in [0.15, 0.2) is 93.8 Å². The van der Waals surface area contributed by atoms with Gasteiger partial charge in [0.25, 0.3) is 0 Å². The SMILES string of the molecule is NC(=O)N(c1ccc(-c2nc3ccccc3o2)c(O)c1)c1ccc(-c2nc3ccccc3o2)c(O)c1. The third-order valence-electron chi connectivity index (χ3n) is 5.75. The molecule has 6 rings (SSSR count). The Morgan fingerprint density at radius 3 is 1.53 bits per heavy atom. The van der Waals surface area contributed by atoms with Crippen LogP contribution in [0.1, 0.15) is 0 Å². The number of fused-ring (bicyclic) bond motifs is 2. The second kappa shape index (κ2) is 8.17. The fraction of sp³-hybridized carbons (Fsp3) is 0. The van der Waals surface area contributed by atoms with Gasteiger partial charge >= 0.3 is 6.03 Å². The number of nitrogens with zero attached hydrogens (tertiary/aromatic N) is 3. The number of hydrogen-bond acceptors (Lipinski definition) is 7. The average Bonchev–Trinajstić information content (AvgIpc) is 3.48. The molecule has 9 heteroatoms. The van der Waals surface area contributed by atoms with E-state index in [0.717, 1.165) is 4.90 Å². The van der Waals surface area contributed by atoms with Crippen LogP contribution < -0.4 is 10.6 Å². The number of nitrogens with two attached hydrogens (primary N) is 1. The lowest BCUT2D eigenvalue weighted by Gasteiger charge is -2.21. The molecule has 0 fully saturated rings. The number of amides is 2. The first-order valence-corrected chi connectivity index (χ1v) is 11.0. The second-order valence-corrected chi connectivity index (χ2v) is 8.05. The van der Waals surface area contributed by atoms with E-state index < -0.39 is 6.03 Å². The third-order valence-corrected chi connectivity index (χ3v) is 5.75. The van der Waals surface area contributed by atoms with E-state index in [1.54, 1.807) is 48.5 Å². The zero-order valence-corrected chi connectivity index (χ0v) is 18.6. The Morgan fingerprint density at radius 2 is 1.14 bits per heavy atom. The first-order chi connectivity index (χ1) is 17.5. The van der Waals surface area contributed by atoms with Crippen LogP contribution >= 0.6 is 0 Å². The van der Waals surface area contributed by atoms with Crippen molar-refractivity contribution in [2.45, 2.75) is 0 Å². The zero-order valence-electron chi connectivity index (χ0n) is 18.6. The smallest absolute Gasteiger partial charge is 0.323 e. The minimum atomic E-state index is -0.807. The number of rotatable bonds is 4. The van der Waals surface area contributed by atoms with Crippen molar-refractivity contribution in [2.75, 3.05) is 4.90 Å². The first kappa shape index (κ1) is 21.2. The van der Waals surface area contributed by atoms with E-state index in [1.165, 1.54) is 12.1 Å². The molecule has 0 saturated heterocycles. The number of aromatic nitrogens is 2. The standard InChI is InChI=1S/C27H18N4O5/c28-27(34)31(15-9-11-17(21(32)13-15)25-29-19-5-1-3-7-23(19)35-25)16-10-12-18(22(33)14-16)26-30-20-6-2-4-8-24(20)36-26/h1-14,32-33H,(H2,28,34). The van der Waals surface area contributed by atoms with Crippen molar-refractivity contribution in [1.82, 2.24) is 9.97 Å². The van der Waals surface area contributed by atoms with Crippen molar-refractivity contribution < 1.29 is 23.8 Å². The molecule has 36 heavy (non-hydrogen) atoms. The van der Waals surface area contributed by atoms with E-state index >= 15 is 0 Å². The van der Waals surface area contributed by atoms with Crippen LogP contribution in [0.4, 0.5) is 16.2 Å². The van der Waals surface area contributed by atoms with Crippen molar-refractivity contribution in [3.05, 3.63) is 84.9 Å². The van der Waals surface area contributed by atoms with Crippen LogP contribution in [-0.4, -0.2) is 26.2 Å². The summed E-state index contributed by atoms with van der Waals surface area (Å²) >= 11 is 0. The van der Waals surface area contributed by atoms with Gasteiger partial charge in [0.1, 0.15) is 22.5 Å². The Morgan fingerprint density at radius 1 is 0.694 bits per heavy atom. The number of aromatic hydroxyl groups is 2. The van der Waals surface area contributed by atoms with E-state index in [9.17, 15) is 15.0 Å². The predicted molar refractivity (Wildman–Crippen MR) is 134 cm³/mol.